The van der Waals surface area contributed by atoms with Gasteiger partial charge in [-0.2, -0.15) is 0 Å². The Morgan fingerprint density at radius 2 is 1.59 bits per heavy atom. The summed E-state index contributed by atoms with van der Waals surface area (Å²) in [6.45, 7) is 5.33. The van der Waals surface area contributed by atoms with Gasteiger partial charge in [0.25, 0.3) is 5.91 Å². The van der Waals surface area contributed by atoms with Gasteiger partial charge in [-0.05, 0) is 37.1 Å². The van der Waals surface area contributed by atoms with Gasteiger partial charge in [-0.3, -0.25) is 9.78 Å². The molecule has 3 heterocycles. The number of pyridine rings is 1. The third-order valence-electron chi connectivity index (χ3n) is 5.93. The molecule has 1 aromatic heterocycles. The van der Waals surface area contributed by atoms with Crippen LogP contribution in [0.5, 0.6) is 5.75 Å². The number of ether oxygens (including phenoxy) is 1. The van der Waals surface area contributed by atoms with Gasteiger partial charge in [0.2, 0.25) is 0 Å². The van der Waals surface area contributed by atoms with E-state index in [9.17, 15) is 4.79 Å². The van der Waals surface area contributed by atoms with E-state index in [0.29, 0.717) is 5.69 Å². The smallest absolute Gasteiger partial charge is 0.272 e. The number of para-hydroxylation sites is 2. The first kappa shape index (κ1) is 19.6. The number of anilines is 2. The molecule has 1 aromatic carbocycles. The van der Waals surface area contributed by atoms with E-state index < -0.39 is 0 Å². The molecule has 0 aliphatic carbocycles. The van der Waals surface area contributed by atoms with Crippen molar-refractivity contribution in [2.75, 3.05) is 56.2 Å². The van der Waals surface area contributed by atoms with Crippen LogP contribution in [0.3, 0.4) is 0 Å². The molecule has 0 radical (unpaired) electrons. The lowest BCUT2D eigenvalue weighted by atomic mass is 10.2. The van der Waals surface area contributed by atoms with Crippen molar-refractivity contribution in [1.29, 1.82) is 0 Å². The lowest BCUT2D eigenvalue weighted by Crippen LogP contribution is -2.46. The number of rotatable bonds is 4. The molecule has 0 bridgehead atoms. The summed E-state index contributed by atoms with van der Waals surface area (Å²) in [5, 5.41) is 0. The number of amides is 1. The molecule has 2 aliphatic heterocycles. The lowest BCUT2D eigenvalue weighted by molar-refractivity contribution is 0.0756. The summed E-state index contributed by atoms with van der Waals surface area (Å²) in [5.74, 6) is 0.983. The maximum Gasteiger partial charge on any atom is 0.272 e. The Kier molecular flexibility index (Phi) is 6.17. The Morgan fingerprint density at radius 1 is 0.897 bits per heavy atom. The van der Waals surface area contributed by atoms with E-state index in [2.05, 4.69) is 20.9 Å². The predicted octanol–water partition coefficient (Wildman–Crippen LogP) is 3.43. The van der Waals surface area contributed by atoms with Gasteiger partial charge < -0.3 is 19.4 Å². The number of hydrogen-bond acceptors (Lipinski definition) is 5. The highest BCUT2D eigenvalue weighted by molar-refractivity contribution is 5.93. The molecule has 0 unspecified atom stereocenters. The van der Waals surface area contributed by atoms with Gasteiger partial charge in [-0.15, -0.1) is 0 Å². The van der Waals surface area contributed by atoms with Crippen molar-refractivity contribution in [2.24, 2.45) is 0 Å². The van der Waals surface area contributed by atoms with E-state index in [1.165, 1.54) is 12.8 Å². The van der Waals surface area contributed by atoms with Gasteiger partial charge in [-0.1, -0.05) is 25.0 Å². The minimum atomic E-state index is 0.0707. The number of nitrogens with zero attached hydrogens (tertiary/aromatic N) is 4. The maximum absolute atomic E-state index is 12.9. The van der Waals surface area contributed by atoms with Crippen LogP contribution in [0, 0.1) is 0 Å². The van der Waals surface area contributed by atoms with Gasteiger partial charge in [0, 0.05) is 51.2 Å². The maximum atomic E-state index is 12.9. The van der Waals surface area contributed by atoms with Crippen LogP contribution in [0.25, 0.3) is 0 Å². The van der Waals surface area contributed by atoms with Crippen molar-refractivity contribution >= 4 is 17.3 Å². The Labute approximate surface area is 173 Å². The fourth-order valence-electron chi connectivity index (χ4n) is 4.27. The van der Waals surface area contributed by atoms with Gasteiger partial charge in [0.15, 0.2) is 0 Å². The number of carbonyl (C=O) groups is 1. The molecular formula is C23H30N4O2. The zero-order chi connectivity index (χ0) is 20.1. The number of carbonyl (C=O) groups excluding carboxylic acids is 1. The van der Waals surface area contributed by atoms with E-state index >= 15 is 0 Å². The highest BCUT2D eigenvalue weighted by Gasteiger charge is 2.22. The summed E-state index contributed by atoms with van der Waals surface area (Å²) < 4.78 is 5.51. The molecule has 2 aromatic rings. The zero-order valence-electron chi connectivity index (χ0n) is 17.2. The molecule has 6 heteroatoms. The summed E-state index contributed by atoms with van der Waals surface area (Å²) in [6.07, 6.45) is 6.39. The standard InChI is InChI=1S/C23H30N4O2/c1-29-22-9-5-4-8-21(22)26-16-14-25(15-17-26)19-10-11-24-20(18-19)23(28)27-12-6-2-3-7-13-27/h4-5,8-11,18H,2-3,6-7,12-17H2,1H3. The topological polar surface area (TPSA) is 48.9 Å². The number of likely N-dealkylation sites (tertiary alicyclic amines) is 1. The number of piperazine rings is 1. The van der Waals surface area contributed by atoms with E-state index in [1.807, 2.05) is 35.2 Å². The van der Waals surface area contributed by atoms with E-state index in [0.717, 1.165) is 69.2 Å². The van der Waals surface area contributed by atoms with E-state index in [1.54, 1.807) is 13.3 Å². The normalized spacial score (nSPS) is 17.8. The van der Waals surface area contributed by atoms with Crippen molar-refractivity contribution in [1.82, 2.24) is 9.88 Å². The molecule has 4 rings (SSSR count). The summed E-state index contributed by atoms with van der Waals surface area (Å²) >= 11 is 0. The number of benzene rings is 1. The van der Waals surface area contributed by atoms with Crippen molar-refractivity contribution in [3.05, 3.63) is 48.3 Å². The number of methoxy groups -OCH3 is 1. The number of hydrogen-bond donors (Lipinski definition) is 0. The lowest BCUT2D eigenvalue weighted by Gasteiger charge is -2.37. The minimum Gasteiger partial charge on any atom is -0.495 e. The molecule has 0 saturated carbocycles. The van der Waals surface area contributed by atoms with Gasteiger partial charge in [0.1, 0.15) is 11.4 Å². The van der Waals surface area contributed by atoms with Gasteiger partial charge >= 0.3 is 0 Å². The summed E-state index contributed by atoms with van der Waals surface area (Å²) in [4.78, 5) is 24.0. The van der Waals surface area contributed by atoms with Crippen molar-refractivity contribution in [2.45, 2.75) is 25.7 Å². The van der Waals surface area contributed by atoms with E-state index in [4.69, 9.17) is 4.74 Å². The Bertz CT molecular complexity index is 825. The average molecular weight is 395 g/mol. The second-order valence-corrected chi connectivity index (χ2v) is 7.75. The highest BCUT2D eigenvalue weighted by Crippen LogP contribution is 2.29. The Morgan fingerprint density at radius 3 is 2.31 bits per heavy atom. The molecular weight excluding hydrogens is 364 g/mol. The third kappa shape index (κ3) is 4.47. The minimum absolute atomic E-state index is 0.0707. The first-order chi connectivity index (χ1) is 14.3. The first-order valence-electron chi connectivity index (χ1n) is 10.6. The van der Waals surface area contributed by atoms with Crippen molar-refractivity contribution in [3.63, 3.8) is 0 Å². The molecule has 2 saturated heterocycles. The number of aromatic nitrogens is 1. The Hall–Kier alpha value is -2.76. The SMILES string of the molecule is COc1ccccc1N1CCN(c2ccnc(C(=O)N3CCCCCC3)c2)CC1. The van der Waals surface area contributed by atoms with Crippen molar-refractivity contribution < 1.29 is 9.53 Å². The quantitative estimate of drug-likeness (QED) is 0.795. The first-order valence-corrected chi connectivity index (χ1v) is 10.6. The summed E-state index contributed by atoms with van der Waals surface area (Å²) in [7, 11) is 1.72. The van der Waals surface area contributed by atoms with Crippen LogP contribution in [-0.4, -0.2) is 62.2 Å². The molecule has 29 heavy (non-hydrogen) atoms. The second kappa shape index (κ2) is 9.16. The third-order valence-corrected chi connectivity index (χ3v) is 5.93. The summed E-state index contributed by atoms with van der Waals surface area (Å²) in [5.41, 5.74) is 2.79. The molecule has 2 fully saturated rings. The second-order valence-electron chi connectivity index (χ2n) is 7.75. The largest absolute Gasteiger partial charge is 0.495 e. The molecule has 0 N–H and O–H groups in total. The van der Waals surface area contributed by atoms with Crippen LogP contribution in [0.15, 0.2) is 42.6 Å². The van der Waals surface area contributed by atoms with E-state index in [-0.39, 0.29) is 5.91 Å². The van der Waals surface area contributed by atoms with Crippen LogP contribution in [0.2, 0.25) is 0 Å². The molecule has 2 aliphatic rings. The van der Waals surface area contributed by atoms with Gasteiger partial charge in [-0.25, -0.2) is 0 Å². The molecule has 0 atom stereocenters. The molecule has 0 spiro atoms. The molecule has 1 amide bonds. The summed E-state index contributed by atoms with van der Waals surface area (Å²) in [6, 6.07) is 12.1. The van der Waals surface area contributed by atoms with Crippen LogP contribution in [0.4, 0.5) is 11.4 Å². The fraction of sp³-hybridized carbons (Fsp3) is 0.478. The van der Waals surface area contributed by atoms with Crippen LogP contribution < -0.4 is 14.5 Å². The monoisotopic (exact) mass is 394 g/mol. The zero-order valence-corrected chi connectivity index (χ0v) is 17.2. The fourth-order valence-corrected chi connectivity index (χ4v) is 4.27. The van der Waals surface area contributed by atoms with Gasteiger partial charge in [0.05, 0.1) is 12.8 Å². The molecule has 6 nitrogen and oxygen atoms in total. The Balaban J connectivity index is 1.42. The molecule has 154 valence electrons. The van der Waals surface area contributed by atoms with Crippen LogP contribution >= 0.6 is 0 Å². The van der Waals surface area contributed by atoms with Crippen LogP contribution in [0.1, 0.15) is 36.2 Å². The van der Waals surface area contributed by atoms with Crippen LogP contribution in [-0.2, 0) is 0 Å². The van der Waals surface area contributed by atoms with Crippen molar-refractivity contribution in [3.8, 4) is 5.75 Å². The highest BCUT2D eigenvalue weighted by atomic mass is 16.5. The average Bonchev–Trinajstić information content (AvgIpc) is 3.08. The predicted molar refractivity (Wildman–Crippen MR) is 116 cm³/mol.